The van der Waals surface area contributed by atoms with Crippen molar-refractivity contribution in [3.8, 4) is 0 Å². The van der Waals surface area contributed by atoms with E-state index in [0.29, 0.717) is 36.8 Å². The van der Waals surface area contributed by atoms with Gasteiger partial charge >= 0.3 is 0 Å². The van der Waals surface area contributed by atoms with Crippen LogP contribution >= 0.6 is 0 Å². The third kappa shape index (κ3) is 3.94. The third-order valence-electron chi connectivity index (χ3n) is 4.72. The van der Waals surface area contributed by atoms with Gasteiger partial charge in [0.1, 0.15) is 5.25 Å². The summed E-state index contributed by atoms with van der Waals surface area (Å²) in [5.41, 5.74) is 9.63. The Morgan fingerprint density at radius 2 is 1.96 bits per heavy atom. The van der Waals surface area contributed by atoms with Crippen molar-refractivity contribution >= 4 is 28.4 Å². The number of benzene rings is 1. The van der Waals surface area contributed by atoms with Crippen LogP contribution in [0.4, 0.5) is 0 Å². The van der Waals surface area contributed by atoms with E-state index in [1.54, 1.807) is 6.07 Å². The number of hydrazine groups is 1. The predicted octanol–water partition coefficient (Wildman–Crippen LogP) is -1.28. The van der Waals surface area contributed by atoms with Crippen molar-refractivity contribution < 1.29 is 13.8 Å². The maximum atomic E-state index is 12.9. The first-order valence-electron chi connectivity index (χ1n) is 8.35. The van der Waals surface area contributed by atoms with E-state index < -0.39 is 22.5 Å². The summed E-state index contributed by atoms with van der Waals surface area (Å²) in [5.74, 6) is 5.53. The topological polar surface area (TPSA) is 170 Å². The van der Waals surface area contributed by atoms with E-state index in [0.717, 1.165) is 18.4 Å². The molecule has 0 amide bonds. The van der Waals surface area contributed by atoms with Crippen molar-refractivity contribution in [3.05, 3.63) is 23.3 Å². The Labute approximate surface area is 158 Å². The van der Waals surface area contributed by atoms with Crippen molar-refractivity contribution in [1.82, 2.24) is 10.9 Å². The van der Waals surface area contributed by atoms with Gasteiger partial charge in [0.15, 0.2) is 5.84 Å². The lowest BCUT2D eigenvalue weighted by Gasteiger charge is -2.31. The van der Waals surface area contributed by atoms with Crippen LogP contribution in [0.3, 0.4) is 0 Å². The maximum Gasteiger partial charge on any atom is 0.239 e. The van der Waals surface area contributed by atoms with Crippen molar-refractivity contribution in [3.63, 3.8) is 0 Å². The number of nitrogens with zero attached hydrogens (tertiary/aromatic N) is 1. The molecule has 2 heterocycles. The quantitative estimate of drug-likeness (QED) is 0.129. The Bertz CT molecular complexity index is 665. The highest BCUT2D eigenvalue weighted by Crippen LogP contribution is 2.36. The van der Waals surface area contributed by atoms with E-state index in [1.807, 2.05) is 6.07 Å². The van der Waals surface area contributed by atoms with E-state index in [-0.39, 0.29) is 21.9 Å². The second-order valence-corrected chi connectivity index (χ2v) is 8.95. The maximum absolute atomic E-state index is 12.9. The molecular weight excluding hydrogens is 376 g/mol. The molecule has 26 heavy (non-hydrogen) atoms. The Balaban J connectivity index is 2.13. The summed E-state index contributed by atoms with van der Waals surface area (Å²) < 4.78 is 30.8. The number of ether oxygens (including phenoxy) is 1. The van der Waals surface area contributed by atoms with Crippen LogP contribution in [-0.4, -0.2) is 46.5 Å². The van der Waals surface area contributed by atoms with E-state index in [4.69, 9.17) is 21.5 Å². The predicted molar refractivity (Wildman–Crippen MR) is 101 cm³/mol. The lowest BCUT2D eigenvalue weighted by atomic mass is 9.88. The number of nitrogens with two attached hydrogens (primary N) is 3. The van der Waals surface area contributed by atoms with Crippen LogP contribution in [0.2, 0.25) is 0 Å². The summed E-state index contributed by atoms with van der Waals surface area (Å²) in [5, 5.41) is 12.7. The van der Waals surface area contributed by atoms with Crippen LogP contribution in [0.1, 0.15) is 29.9 Å². The van der Waals surface area contributed by atoms with Crippen molar-refractivity contribution in [1.29, 1.82) is 0 Å². The Morgan fingerprint density at radius 3 is 2.50 bits per heavy atom. The van der Waals surface area contributed by atoms with Gasteiger partial charge in [-0.2, -0.15) is 0 Å². The standard InChI is InChI=1S/C15H24N6O3S2/c16-15(20-21-17)13-11(9-3-5-24-6-4-9)1-2-12(14(13)26(18)23)25(22)10-7-19-8-10/h1-2,9-10,19,21H,3-8,17-18H2,(H2,16,20). The summed E-state index contributed by atoms with van der Waals surface area (Å²) in [4.78, 5) is 0.717. The molecule has 8 N–H and O–H groups in total. The normalized spacial score (nSPS) is 21.9. The monoisotopic (exact) mass is 400 g/mol. The fourth-order valence-corrected chi connectivity index (χ4v) is 5.84. The highest BCUT2D eigenvalue weighted by atomic mass is 32.2. The Hall–Kier alpha value is -1.05. The minimum atomic E-state index is -1.88. The molecule has 0 saturated carbocycles. The number of hydrazone groups is 1. The zero-order valence-electron chi connectivity index (χ0n) is 14.3. The van der Waals surface area contributed by atoms with E-state index in [9.17, 15) is 9.11 Å². The SMILES string of the molecule is NN/N=C(\N)c1c(C2CCOCC2)ccc([S+]([O-])C2CNC2)c1[S+](N)[O-]. The van der Waals surface area contributed by atoms with Crippen molar-refractivity contribution in [2.24, 2.45) is 21.8 Å². The van der Waals surface area contributed by atoms with Gasteiger partial charge in [0.2, 0.25) is 9.79 Å². The van der Waals surface area contributed by atoms with Gasteiger partial charge in [-0.25, -0.2) is 11.4 Å². The minimum Gasteiger partial charge on any atom is -0.611 e. The fourth-order valence-electron chi connectivity index (χ4n) is 3.27. The molecule has 2 aliphatic rings. The zero-order valence-corrected chi connectivity index (χ0v) is 15.9. The molecule has 11 heteroatoms. The Morgan fingerprint density at radius 1 is 1.27 bits per heavy atom. The second kappa shape index (κ2) is 8.76. The van der Waals surface area contributed by atoms with E-state index >= 15 is 0 Å². The molecular formula is C15H24N6O3S2. The summed E-state index contributed by atoms with van der Waals surface area (Å²) in [6.45, 7) is 2.57. The van der Waals surface area contributed by atoms with Crippen LogP contribution in [0.15, 0.2) is 27.0 Å². The van der Waals surface area contributed by atoms with Gasteiger partial charge in [0, 0.05) is 26.3 Å². The first kappa shape index (κ1) is 19.7. The number of hydrogen-bond donors (Lipinski definition) is 5. The third-order valence-corrected chi connectivity index (χ3v) is 7.39. The average Bonchev–Trinajstić information content (AvgIpc) is 2.59. The van der Waals surface area contributed by atoms with Crippen LogP contribution < -0.4 is 27.6 Å². The van der Waals surface area contributed by atoms with Gasteiger partial charge in [-0.05, 0) is 41.6 Å². The molecule has 1 aromatic rings. The summed E-state index contributed by atoms with van der Waals surface area (Å²) >= 11 is -3.22. The zero-order chi connectivity index (χ0) is 18.7. The molecule has 0 spiro atoms. The average molecular weight is 401 g/mol. The van der Waals surface area contributed by atoms with Gasteiger partial charge in [-0.15, -0.1) is 10.2 Å². The first-order valence-corrected chi connectivity index (χ1v) is 10.8. The molecule has 0 aromatic heterocycles. The van der Waals surface area contributed by atoms with Crippen LogP contribution in [0.5, 0.6) is 0 Å². The molecule has 0 bridgehead atoms. The Kier molecular flexibility index (Phi) is 6.64. The van der Waals surface area contributed by atoms with Gasteiger partial charge in [0.25, 0.3) is 0 Å². The summed E-state index contributed by atoms with van der Waals surface area (Å²) in [6, 6.07) is 3.64. The van der Waals surface area contributed by atoms with Gasteiger partial charge < -0.3 is 24.9 Å². The van der Waals surface area contributed by atoms with Crippen molar-refractivity contribution in [2.45, 2.75) is 33.8 Å². The summed E-state index contributed by atoms with van der Waals surface area (Å²) in [7, 11) is 0. The van der Waals surface area contributed by atoms with Crippen molar-refractivity contribution in [2.75, 3.05) is 26.3 Å². The number of nitrogens with one attached hydrogen (secondary N) is 2. The largest absolute Gasteiger partial charge is 0.611 e. The smallest absolute Gasteiger partial charge is 0.239 e. The molecule has 2 saturated heterocycles. The molecule has 2 fully saturated rings. The van der Waals surface area contributed by atoms with Gasteiger partial charge in [-0.3, -0.25) is 0 Å². The van der Waals surface area contributed by atoms with E-state index in [2.05, 4.69) is 16.0 Å². The van der Waals surface area contributed by atoms with Crippen LogP contribution in [-0.2, 0) is 27.3 Å². The van der Waals surface area contributed by atoms with Gasteiger partial charge in [-0.1, -0.05) is 6.07 Å². The molecule has 9 nitrogen and oxygen atoms in total. The molecule has 0 radical (unpaired) electrons. The molecule has 1 aromatic carbocycles. The number of hydrogen-bond acceptors (Lipinski definition) is 8. The lowest BCUT2D eigenvalue weighted by molar-refractivity contribution is 0.0852. The van der Waals surface area contributed by atoms with E-state index in [1.165, 1.54) is 0 Å². The lowest BCUT2D eigenvalue weighted by Crippen LogP contribution is -2.51. The molecule has 3 rings (SSSR count). The molecule has 0 aliphatic carbocycles. The fraction of sp³-hybridized carbons (Fsp3) is 0.533. The van der Waals surface area contributed by atoms with Crippen LogP contribution in [0.25, 0.3) is 0 Å². The highest BCUT2D eigenvalue weighted by Gasteiger charge is 2.39. The van der Waals surface area contributed by atoms with Crippen LogP contribution in [0, 0.1) is 0 Å². The summed E-state index contributed by atoms with van der Waals surface area (Å²) in [6.07, 6.45) is 1.62. The number of amidine groups is 1. The highest BCUT2D eigenvalue weighted by molar-refractivity contribution is 7.94. The number of rotatable bonds is 6. The minimum absolute atomic E-state index is 0.0372. The molecule has 2 unspecified atom stereocenters. The van der Waals surface area contributed by atoms with Gasteiger partial charge in [0.05, 0.1) is 16.9 Å². The molecule has 144 valence electrons. The second-order valence-electron chi connectivity index (χ2n) is 6.24. The first-order chi connectivity index (χ1) is 12.5. The molecule has 2 aliphatic heterocycles. The molecule has 2 atom stereocenters.